The van der Waals surface area contributed by atoms with E-state index in [1.165, 1.54) is 38.1 Å². The first-order valence-corrected chi connectivity index (χ1v) is 8.22. The van der Waals surface area contributed by atoms with Crippen molar-refractivity contribution in [3.63, 3.8) is 0 Å². The molecule has 22 heavy (non-hydrogen) atoms. The third kappa shape index (κ3) is 1.44. The van der Waals surface area contributed by atoms with Gasteiger partial charge in [0.1, 0.15) is 11.2 Å². The third-order valence-corrected chi connectivity index (χ3v) is 5.48. The molecule has 0 amide bonds. The smallest absolute Gasteiger partial charge is 0.145 e. The van der Waals surface area contributed by atoms with Gasteiger partial charge in [-0.15, -0.1) is 0 Å². The summed E-state index contributed by atoms with van der Waals surface area (Å²) in [4.78, 5) is 0. The molecular weight excluding hydrogens is 385 g/mol. The van der Waals surface area contributed by atoms with Gasteiger partial charge in [0.05, 0.1) is 39.3 Å². The zero-order valence-corrected chi connectivity index (χ0v) is 14.1. The van der Waals surface area contributed by atoms with E-state index in [4.69, 9.17) is 4.42 Å². The number of halogens is 1. The molecule has 0 aliphatic heterocycles. The Hall–Kier alpha value is -2.01. The summed E-state index contributed by atoms with van der Waals surface area (Å²) in [6.45, 7) is 2.10. The maximum absolute atomic E-state index is 6.30. The molecule has 2 heterocycles. The van der Waals surface area contributed by atoms with E-state index >= 15 is 0 Å². The zero-order chi connectivity index (χ0) is 14.8. The second-order valence-corrected chi connectivity index (χ2v) is 6.65. The van der Waals surface area contributed by atoms with Crippen LogP contribution in [-0.2, 0) is 0 Å². The molecule has 0 aliphatic carbocycles. The van der Waals surface area contributed by atoms with Gasteiger partial charge < -0.3 is 4.42 Å². The van der Waals surface area contributed by atoms with Crippen LogP contribution in [0.2, 0.25) is 0 Å². The highest BCUT2D eigenvalue weighted by Crippen LogP contribution is 2.40. The first-order valence-electron chi connectivity index (χ1n) is 7.26. The Morgan fingerprint density at radius 2 is 1.55 bits per heavy atom. The van der Waals surface area contributed by atoms with Crippen LogP contribution in [0, 0.1) is 6.92 Å². The molecule has 0 N–H and O–H groups in total. The van der Waals surface area contributed by atoms with Crippen LogP contribution in [0.1, 0.15) is 5.56 Å². The fraction of sp³-hybridized carbons (Fsp3) is 0.0526. The van der Waals surface area contributed by atoms with Crippen LogP contribution in [-0.4, -0.2) is 2.78 Å². The summed E-state index contributed by atoms with van der Waals surface area (Å²) >= 11 is 2.36. The summed E-state index contributed by atoms with van der Waals surface area (Å²) in [5.41, 5.74) is 5.59. The van der Waals surface area contributed by atoms with E-state index in [0.29, 0.717) is 0 Å². The molecule has 106 valence electrons. The Labute approximate surface area is 140 Å². The van der Waals surface area contributed by atoms with Crippen molar-refractivity contribution >= 4 is 66.6 Å². The number of hydrogen-bond acceptors (Lipinski definition) is 1. The van der Waals surface area contributed by atoms with E-state index in [1.807, 2.05) is 0 Å². The van der Waals surface area contributed by atoms with E-state index < -0.39 is 0 Å². The van der Waals surface area contributed by atoms with Gasteiger partial charge in [-0.1, -0.05) is 36.4 Å². The molecule has 0 saturated heterocycles. The van der Waals surface area contributed by atoms with Gasteiger partial charge in [0.25, 0.3) is 0 Å². The maximum atomic E-state index is 6.30. The number of fused-ring (bicyclic) bond motifs is 7. The van der Waals surface area contributed by atoms with E-state index in [-0.39, 0.29) is 0 Å². The highest BCUT2D eigenvalue weighted by molar-refractivity contribution is 14.1. The van der Waals surface area contributed by atoms with Crippen LogP contribution in [0.15, 0.2) is 59.0 Å². The molecule has 3 aromatic carbocycles. The Bertz CT molecular complexity index is 1200. The van der Waals surface area contributed by atoms with E-state index in [9.17, 15) is 0 Å². The van der Waals surface area contributed by atoms with Crippen molar-refractivity contribution in [2.45, 2.75) is 6.92 Å². The molecule has 0 aliphatic rings. The first-order chi connectivity index (χ1) is 10.8. The Morgan fingerprint density at radius 3 is 2.45 bits per heavy atom. The predicted octanol–water partition coefficient (Wildman–Crippen LogP) is 6.20. The fourth-order valence-electron chi connectivity index (χ4n) is 3.40. The summed E-state index contributed by atoms with van der Waals surface area (Å²) in [6.07, 6.45) is 0. The lowest BCUT2D eigenvalue weighted by Gasteiger charge is -1.95. The largest absolute Gasteiger partial charge is 0.455 e. The van der Waals surface area contributed by atoms with Gasteiger partial charge in [-0.3, -0.25) is 2.78 Å². The molecule has 0 bridgehead atoms. The molecule has 0 unspecified atom stereocenters. The van der Waals surface area contributed by atoms with Crippen molar-refractivity contribution in [1.82, 2.24) is 2.78 Å². The SMILES string of the molecule is Cc1cccc2c1oc1c2ccc2c1c1ccccc1n2I. The molecule has 0 fully saturated rings. The molecule has 0 atom stereocenters. The summed E-state index contributed by atoms with van der Waals surface area (Å²) in [5.74, 6) is 0. The average Bonchev–Trinajstić information content (AvgIpc) is 3.06. The second-order valence-electron chi connectivity index (χ2n) is 5.69. The van der Waals surface area contributed by atoms with Gasteiger partial charge in [-0.2, -0.15) is 0 Å². The van der Waals surface area contributed by atoms with Crippen LogP contribution in [0.5, 0.6) is 0 Å². The minimum absolute atomic E-state index is 0.994. The van der Waals surface area contributed by atoms with Crippen LogP contribution in [0.25, 0.3) is 43.7 Å². The predicted molar refractivity (Wildman–Crippen MR) is 101 cm³/mol. The number of aromatic nitrogens is 1. The van der Waals surface area contributed by atoms with Gasteiger partial charge in [0.2, 0.25) is 0 Å². The van der Waals surface area contributed by atoms with Crippen LogP contribution < -0.4 is 0 Å². The number of aryl methyl sites for hydroxylation is 1. The summed E-state index contributed by atoms with van der Waals surface area (Å²) in [6, 6.07) is 19.2. The Balaban J connectivity index is 2.15. The van der Waals surface area contributed by atoms with E-state index in [0.717, 1.165) is 11.2 Å². The summed E-state index contributed by atoms with van der Waals surface area (Å²) in [5, 5.41) is 4.84. The van der Waals surface area contributed by atoms with Crippen molar-refractivity contribution in [3.8, 4) is 0 Å². The molecule has 3 heteroatoms. The Morgan fingerprint density at radius 1 is 0.773 bits per heavy atom. The normalized spacial score (nSPS) is 12.1. The molecule has 2 aromatic heterocycles. The summed E-state index contributed by atoms with van der Waals surface area (Å²) in [7, 11) is 0. The highest BCUT2D eigenvalue weighted by Gasteiger charge is 2.16. The quantitative estimate of drug-likeness (QED) is 0.285. The molecule has 5 aromatic rings. The summed E-state index contributed by atoms with van der Waals surface area (Å²) < 4.78 is 8.51. The second kappa shape index (κ2) is 4.26. The lowest BCUT2D eigenvalue weighted by atomic mass is 10.1. The number of furan rings is 1. The van der Waals surface area contributed by atoms with Crippen LogP contribution >= 0.6 is 22.9 Å². The number of para-hydroxylation sites is 2. The van der Waals surface area contributed by atoms with Crippen molar-refractivity contribution in [1.29, 1.82) is 0 Å². The topological polar surface area (TPSA) is 18.1 Å². The molecule has 0 saturated carbocycles. The Kier molecular flexibility index (Phi) is 2.42. The van der Waals surface area contributed by atoms with E-state index in [2.05, 4.69) is 87.2 Å². The lowest BCUT2D eigenvalue weighted by molar-refractivity contribution is 0.670. The lowest BCUT2D eigenvalue weighted by Crippen LogP contribution is -1.76. The average molecular weight is 397 g/mol. The monoisotopic (exact) mass is 397 g/mol. The van der Waals surface area contributed by atoms with Gasteiger partial charge in [-0.05, 0) is 30.7 Å². The molecule has 0 radical (unpaired) electrons. The number of hydrogen-bond donors (Lipinski definition) is 0. The van der Waals surface area contributed by atoms with Gasteiger partial charge in [0, 0.05) is 16.2 Å². The fourth-order valence-corrected chi connectivity index (χ4v) is 4.23. The first kappa shape index (κ1) is 12.5. The van der Waals surface area contributed by atoms with E-state index in [1.54, 1.807) is 0 Å². The molecule has 5 rings (SSSR count). The molecule has 2 nitrogen and oxygen atoms in total. The van der Waals surface area contributed by atoms with Gasteiger partial charge in [0.15, 0.2) is 0 Å². The standard InChI is InChI=1S/C19H12INO/c1-11-5-4-7-12-13-9-10-16-17(19(13)22-18(11)12)14-6-2-3-8-15(14)21(16)20/h2-10H,1H3. The van der Waals surface area contributed by atoms with Crippen molar-refractivity contribution < 1.29 is 4.42 Å². The zero-order valence-electron chi connectivity index (χ0n) is 11.9. The molecule has 0 spiro atoms. The van der Waals surface area contributed by atoms with Gasteiger partial charge in [-0.25, -0.2) is 0 Å². The number of nitrogens with zero attached hydrogens (tertiary/aromatic N) is 1. The number of benzene rings is 3. The van der Waals surface area contributed by atoms with Crippen molar-refractivity contribution in [3.05, 3.63) is 60.2 Å². The third-order valence-electron chi connectivity index (χ3n) is 4.44. The maximum Gasteiger partial charge on any atom is 0.145 e. The van der Waals surface area contributed by atoms with Crippen molar-refractivity contribution in [2.24, 2.45) is 0 Å². The highest BCUT2D eigenvalue weighted by atomic mass is 127. The van der Waals surface area contributed by atoms with Gasteiger partial charge >= 0.3 is 0 Å². The minimum Gasteiger partial charge on any atom is -0.455 e. The van der Waals surface area contributed by atoms with Crippen molar-refractivity contribution in [2.75, 3.05) is 0 Å². The number of rotatable bonds is 0. The van der Waals surface area contributed by atoms with Crippen LogP contribution in [0.4, 0.5) is 0 Å². The minimum atomic E-state index is 0.994. The van der Waals surface area contributed by atoms with Crippen LogP contribution in [0.3, 0.4) is 0 Å². The molecular formula is C19H12INO.